The number of hydrogen-bond acceptors (Lipinski definition) is 22. The van der Waals surface area contributed by atoms with Gasteiger partial charge in [-0.15, -0.1) is 0 Å². The quantitative estimate of drug-likeness (QED) is 0.00777. The molecule has 0 aliphatic heterocycles. The van der Waals surface area contributed by atoms with Crippen LogP contribution in [0.5, 0.6) is 46.0 Å². The van der Waals surface area contributed by atoms with E-state index < -0.39 is 17.9 Å². The smallest absolute Gasteiger partial charge is 0.333 e. The fourth-order valence-electron chi connectivity index (χ4n) is 18.7. The first-order valence-corrected chi connectivity index (χ1v) is 54.0. The fraction of sp³-hybridized carbons (Fsp3) is 0.480. The van der Waals surface area contributed by atoms with Gasteiger partial charge in [0.2, 0.25) is 0 Å². The number of Topliss-reactive ketones (excluding diaryl/α,β-unsaturated/α-hetero) is 8. The van der Waals surface area contributed by atoms with Crippen LogP contribution in [0.25, 0.3) is 0 Å². The maximum Gasteiger partial charge on any atom is 0.333 e. The second-order valence-electron chi connectivity index (χ2n) is 39.9. The Morgan fingerprint density at radius 2 is 0.333 bits per heavy atom. The number of carbonyl (C=O) groups excluding carboxylic acids is 11. The second-order valence-corrected chi connectivity index (χ2v) is 39.9. The molecule has 0 saturated heterocycles. The summed E-state index contributed by atoms with van der Waals surface area (Å²) in [6, 6.07) is 27.5. The van der Waals surface area contributed by atoms with Crippen molar-refractivity contribution in [2.24, 2.45) is 0 Å². The molecule has 16 bridgehead atoms. The highest BCUT2D eigenvalue weighted by molar-refractivity contribution is 6.02. The van der Waals surface area contributed by atoms with Gasteiger partial charge in [-0.25, -0.2) is 14.4 Å². The lowest BCUT2D eigenvalue weighted by atomic mass is 9.86. The number of fused-ring (bicyclic) bond motifs is 16. The predicted molar refractivity (Wildman–Crippen MR) is 578 cm³/mol. The normalized spacial score (nSPS) is 12.0. The molecule has 0 heterocycles. The summed E-state index contributed by atoms with van der Waals surface area (Å²) in [5, 5.41) is 62.1. The van der Waals surface area contributed by atoms with Crippen LogP contribution in [0.1, 0.15) is 473 Å². The minimum atomic E-state index is -0.525. The Bertz CT molecular complexity index is 5600. The number of benzene rings is 8. The molecule has 0 spiro atoms. The third-order valence-electron chi connectivity index (χ3n) is 27.1. The van der Waals surface area contributed by atoms with Crippen molar-refractivity contribution in [1.29, 1.82) is 0 Å². The van der Waals surface area contributed by atoms with Crippen molar-refractivity contribution in [3.63, 3.8) is 0 Å². The number of esters is 3. The van der Waals surface area contributed by atoms with Gasteiger partial charge >= 0.3 is 17.9 Å². The summed E-state index contributed by atoms with van der Waals surface area (Å²) < 4.78 is 36.2. The first kappa shape index (κ1) is 118. The zero-order chi connectivity index (χ0) is 107. The third-order valence-corrected chi connectivity index (χ3v) is 27.1. The molecular weight excluding hydrogens is 1850 g/mol. The van der Waals surface area contributed by atoms with Gasteiger partial charge in [-0.2, -0.15) is 0 Å². The van der Waals surface area contributed by atoms with Crippen LogP contribution < -0.4 is 14.2 Å². The lowest BCUT2D eigenvalue weighted by Crippen LogP contribution is -2.13. The van der Waals surface area contributed by atoms with Crippen molar-refractivity contribution in [3.8, 4) is 46.0 Å². The van der Waals surface area contributed by atoms with E-state index in [0.717, 1.165) is 103 Å². The van der Waals surface area contributed by atoms with Crippen LogP contribution in [0.3, 0.4) is 0 Å². The molecular formula is C125H158O22. The van der Waals surface area contributed by atoms with E-state index in [1.807, 2.05) is 0 Å². The van der Waals surface area contributed by atoms with E-state index in [2.05, 4.69) is 75.1 Å². The highest BCUT2D eigenvalue weighted by atomic mass is 16.5. The van der Waals surface area contributed by atoms with Crippen LogP contribution in [0, 0.1) is 0 Å². The maximum atomic E-state index is 14.3. The monoisotopic (exact) mass is 2010 g/mol. The van der Waals surface area contributed by atoms with Gasteiger partial charge in [-0.05, 0) is 258 Å². The van der Waals surface area contributed by atoms with Gasteiger partial charge in [0, 0.05) is 183 Å². The van der Waals surface area contributed by atoms with Gasteiger partial charge in [0.15, 0.2) is 46.3 Å². The molecule has 0 unspecified atom stereocenters. The van der Waals surface area contributed by atoms with Crippen molar-refractivity contribution in [2.75, 3.05) is 39.6 Å². The Labute approximate surface area is 870 Å². The second kappa shape index (κ2) is 60.4. The maximum absolute atomic E-state index is 14.3. The Morgan fingerprint density at radius 3 is 0.463 bits per heavy atom. The zero-order valence-corrected chi connectivity index (χ0v) is 89.2. The standard InChI is InChI=1S/C66H84O12.C59H74O10/c1-9-13-17-23-57(67)45-31-49-39-53-35-47(59(69)25-19-15-11-3)37-55(63(53)75-27-21-29-77-65(73)43(5)6)41-51-33-46(58(68)24-18-14-10-2)34-52(62(51)72)42-56-38-48(60(70)26-20-16-12-4)36-54(40-50(32-45)61(49)71)64(56)76-28-22-30-78-66(74)44(7)8;1-7-11-15-20-51(60)39-26-43-34-45-28-40(52(61)21-16-12-8-2)30-47(56(45)65)36-49-32-42(54(63)23-18-14-10-4)33-50(58(49)68-24-19-25-69-59(67)38(5)6)37-48-31-41(53(62)22-17-13-9-3)29-46(57(48)66)35-44(27-39)55(43)64/h31-38,71-72H,5,7,9-30,39-42H2,1-4,6,8H3;26-33,64-66H,5,7-25,34-37H2,1-4,6H3. The number of phenolic OH excluding ortho intramolecular Hbond substituents is 5. The molecule has 0 fully saturated rings. The summed E-state index contributed by atoms with van der Waals surface area (Å²) in [5.41, 5.74) is 11.2. The van der Waals surface area contributed by atoms with Gasteiger partial charge in [0.05, 0.1) is 39.6 Å². The summed E-state index contributed by atoms with van der Waals surface area (Å²) in [6.45, 7) is 32.7. The summed E-state index contributed by atoms with van der Waals surface area (Å²) >= 11 is 0. The molecule has 22 heteroatoms. The van der Waals surface area contributed by atoms with Crippen molar-refractivity contribution in [1.82, 2.24) is 0 Å². The number of rotatable bonds is 58. The molecule has 790 valence electrons. The van der Waals surface area contributed by atoms with Crippen molar-refractivity contribution >= 4 is 64.2 Å². The van der Waals surface area contributed by atoms with Crippen LogP contribution in [-0.4, -0.2) is 129 Å². The number of hydrogen-bond donors (Lipinski definition) is 5. The number of carbonyl (C=O) groups is 11. The lowest BCUT2D eigenvalue weighted by Gasteiger charge is -2.23. The van der Waals surface area contributed by atoms with E-state index in [1.165, 1.54) is 0 Å². The van der Waals surface area contributed by atoms with E-state index in [9.17, 15) is 78.3 Å². The molecule has 22 nitrogen and oxygen atoms in total. The fourth-order valence-corrected chi connectivity index (χ4v) is 18.7. The molecule has 0 radical (unpaired) electrons. The van der Waals surface area contributed by atoms with Crippen LogP contribution in [0.4, 0.5) is 0 Å². The zero-order valence-electron chi connectivity index (χ0n) is 89.2. The number of ketones is 8. The highest BCUT2D eigenvalue weighted by Gasteiger charge is 2.31. The van der Waals surface area contributed by atoms with E-state index in [4.69, 9.17) is 28.4 Å². The van der Waals surface area contributed by atoms with E-state index in [-0.39, 0.29) is 196 Å². The minimum Gasteiger partial charge on any atom is -0.507 e. The van der Waals surface area contributed by atoms with Gasteiger partial charge in [0.25, 0.3) is 0 Å². The summed E-state index contributed by atoms with van der Waals surface area (Å²) in [7, 11) is 0. The Kier molecular flexibility index (Phi) is 48.4. The Balaban J connectivity index is 0.000000329. The number of aromatic hydroxyl groups is 5. The van der Waals surface area contributed by atoms with Gasteiger partial charge in [-0.3, -0.25) is 38.4 Å². The molecule has 0 amide bonds. The molecule has 5 N–H and O–H groups in total. The lowest BCUT2D eigenvalue weighted by molar-refractivity contribution is -0.140. The molecule has 0 atom stereocenters. The largest absolute Gasteiger partial charge is 0.507 e. The van der Waals surface area contributed by atoms with Crippen LogP contribution in [0.2, 0.25) is 0 Å². The highest BCUT2D eigenvalue weighted by Crippen LogP contribution is 2.45. The van der Waals surface area contributed by atoms with Crippen molar-refractivity contribution in [2.45, 2.75) is 352 Å². The predicted octanol–water partition coefficient (Wildman–Crippen LogP) is 28.0. The third kappa shape index (κ3) is 35.2. The Hall–Kier alpha value is -12.9. The summed E-state index contributed by atoms with van der Waals surface area (Å²) in [5.74, 6) is -1.63. The minimum absolute atomic E-state index is 0.0125. The summed E-state index contributed by atoms with van der Waals surface area (Å²) in [4.78, 5) is 150. The van der Waals surface area contributed by atoms with Gasteiger partial charge < -0.3 is 54.0 Å². The van der Waals surface area contributed by atoms with Crippen molar-refractivity contribution in [3.05, 3.63) is 267 Å². The molecule has 0 aromatic heterocycles. The van der Waals surface area contributed by atoms with E-state index in [1.54, 1.807) is 118 Å². The molecule has 2 aliphatic rings. The number of unbranched alkanes of at least 4 members (excludes halogenated alkanes) is 16. The Morgan fingerprint density at radius 1 is 0.204 bits per heavy atom. The number of phenols is 5. The number of ether oxygens (including phenoxy) is 6. The van der Waals surface area contributed by atoms with E-state index >= 15 is 0 Å². The first-order valence-electron chi connectivity index (χ1n) is 54.0. The van der Waals surface area contributed by atoms with Gasteiger partial charge in [-0.1, -0.05) is 178 Å². The first-order chi connectivity index (χ1) is 70.7. The van der Waals surface area contributed by atoms with Crippen molar-refractivity contribution < 1.29 is 107 Å². The van der Waals surface area contributed by atoms with Crippen LogP contribution in [0.15, 0.2) is 134 Å². The molecule has 10 rings (SSSR count). The topological polar surface area (TPSA) is 344 Å². The summed E-state index contributed by atoms with van der Waals surface area (Å²) in [6.07, 6.45) is 23.2. The van der Waals surface area contributed by atoms with Gasteiger partial charge in [0.1, 0.15) is 46.0 Å². The van der Waals surface area contributed by atoms with E-state index in [0.29, 0.717) is 260 Å². The van der Waals surface area contributed by atoms with Crippen LogP contribution in [-0.2, 0) is 80.0 Å². The average Bonchev–Trinajstić information content (AvgIpc) is 0.771. The molecule has 2 aliphatic carbocycles. The molecule has 8 aromatic rings. The average molecular weight is 2010 g/mol. The van der Waals surface area contributed by atoms with Crippen LogP contribution >= 0.6 is 0 Å². The molecule has 0 saturated carbocycles. The molecule has 8 aromatic carbocycles. The molecule has 147 heavy (non-hydrogen) atoms. The SMILES string of the molecule is C=C(C)C(=O)OCCCOc1c2cc(C(=O)CCCCC)cc1Cc1cc(C(=O)CCCCC)cc(c1O)Cc1cc(C(=O)CCCCC)cc(c1O)Cc1cc(C(=O)CCCCC)cc(c1O)C2.C=C(C)C(=O)OCCCOc1c2cc(C(=O)CCCCC)cc1Cc1cc(C(=O)CCCCC)cc(c1O)Cc1cc(C(=O)CCCCC)cc(c1OCCCOC(=O)C(=C)C)Cc1cc(C(=O)CCCCC)cc(c1O)C2.